The molecule has 0 fully saturated rings. The van der Waals surface area contributed by atoms with E-state index in [1.165, 1.54) is 0 Å². The molecule has 1 aromatic carbocycles. The minimum Gasteiger partial charge on any atom is -0.481 e. The smallest absolute Gasteiger partial charge is 0.306 e. The van der Waals surface area contributed by atoms with Crippen LogP contribution in [0.15, 0.2) is 22.6 Å². The fraction of sp³-hybridized carbons (Fsp3) is 0.429. The number of aryl methyl sites for hydroxylation is 1. The van der Waals surface area contributed by atoms with Crippen LogP contribution in [0.1, 0.15) is 30.8 Å². The van der Waals surface area contributed by atoms with Gasteiger partial charge in [0.1, 0.15) is 5.52 Å². The third-order valence-corrected chi connectivity index (χ3v) is 3.28. The Labute approximate surface area is 111 Å². The molecular formula is C14H18N2O3. The van der Waals surface area contributed by atoms with Crippen molar-refractivity contribution in [3.05, 3.63) is 29.7 Å². The fourth-order valence-corrected chi connectivity index (χ4v) is 2.15. The molecule has 2 aromatic rings. The third-order valence-electron chi connectivity index (χ3n) is 3.28. The second kappa shape index (κ2) is 5.40. The Morgan fingerprint density at radius 3 is 2.89 bits per heavy atom. The number of carbonyl (C=O) groups is 1. The minimum absolute atomic E-state index is 0.0130. The van der Waals surface area contributed by atoms with E-state index in [-0.39, 0.29) is 6.04 Å². The zero-order valence-electron chi connectivity index (χ0n) is 11.3. The zero-order valence-corrected chi connectivity index (χ0v) is 11.3. The Kier molecular flexibility index (Phi) is 3.85. The summed E-state index contributed by atoms with van der Waals surface area (Å²) in [6, 6.07) is 5.77. The van der Waals surface area contributed by atoms with Gasteiger partial charge in [-0.3, -0.25) is 4.79 Å². The van der Waals surface area contributed by atoms with Gasteiger partial charge in [0.05, 0.1) is 5.92 Å². The molecule has 102 valence electrons. The lowest BCUT2D eigenvalue weighted by atomic mass is 9.96. The largest absolute Gasteiger partial charge is 0.481 e. The molecule has 0 aliphatic rings. The summed E-state index contributed by atoms with van der Waals surface area (Å²) in [6.07, 6.45) is 0.532. The zero-order chi connectivity index (χ0) is 14.0. The molecule has 0 saturated heterocycles. The van der Waals surface area contributed by atoms with Crippen LogP contribution >= 0.6 is 0 Å². The average molecular weight is 262 g/mol. The molecule has 0 spiro atoms. The molecular weight excluding hydrogens is 244 g/mol. The molecule has 0 amide bonds. The first-order valence-electron chi connectivity index (χ1n) is 6.28. The number of hydrogen-bond donors (Lipinski definition) is 2. The highest BCUT2D eigenvalue weighted by molar-refractivity contribution is 5.73. The Hall–Kier alpha value is -1.88. The number of oxazole rings is 1. The summed E-state index contributed by atoms with van der Waals surface area (Å²) in [5.41, 5.74) is 2.57. The van der Waals surface area contributed by atoms with Crippen LogP contribution < -0.4 is 5.32 Å². The van der Waals surface area contributed by atoms with Gasteiger partial charge in [-0.15, -0.1) is 0 Å². The van der Waals surface area contributed by atoms with Crippen LogP contribution in [-0.2, 0) is 4.79 Å². The first kappa shape index (κ1) is 13.5. The van der Waals surface area contributed by atoms with Crippen molar-refractivity contribution >= 4 is 17.1 Å². The van der Waals surface area contributed by atoms with Crippen molar-refractivity contribution in [1.29, 1.82) is 0 Å². The third kappa shape index (κ3) is 2.93. The van der Waals surface area contributed by atoms with Gasteiger partial charge in [-0.2, -0.15) is 0 Å². The Balaban J connectivity index is 2.27. The molecule has 0 saturated carbocycles. The predicted molar refractivity (Wildman–Crippen MR) is 72.0 cm³/mol. The fourth-order valence-electron chi connectivity index (χ4n) is 2.15. The van der Waals surface area contributed by atoms with E-state index in [0.717, 1.165) is 16.7 Å². The van der Waals surface area contributed by atoms with Gasteiger partial charge in [0.25, 0.3) is 0 Å². The van der Waals surface area contributed by atoms with Crippen LogP contribution in [0.2, 0.25) is 0 Å². The number of nitrogens with one attached hydrogen (secondary N) is 1. The molecule has 1 heterocycles. The van der Waals surface area contributed by atoms with Crippen molar-refractivity contribution in [3.63, 3.8) is 0 Å². The van der Waals surface area contributed by atoms with Gasteiger partial charge in [-0.05, 0) is 31.2 Å². The van der Waals surface area contributed by atoms with Crippen molar-refractivity contribution in [2.75, 3.05) is 7.05 Å². The maximum absolute atomic E-state index is 10.9. The van der Waals surface area contributed by atoms with Crippen molar-refractivity contribution in [3.8, 4) is 0 Å². The number of aromatic nitrogens is 1. The van der Waals surface area contributed by atoms with Crippen LogP contribution in [-0.4, -0.2) is 23.1 Å². The van der Waals surface area contributed by atoms with E-state index in [4.69, 9.17) is 9.52 Å². The lowest BCUT2D eigenvalue weighted by Crippen LogP contribution is -2.22. The predicted octanol–water partition coefficient (Wildman–Crippen LogP) is 2.51. The summed E-state index contributed by atoms with van der Waals surface area (Å²) >= 11 is 0. The minimum atomic E-state index is -0.781. The number of benzene rings is 1. The van der Waals surface area contributed by atoms with Crippen LogP contribution in [0.4, 0.5) is 0 Å². The van der Waals surface area contributed by atoms with Crippen molar-refractivity contribution in [2.24, 2.45) is 5.92 Å². The maximum Gasteiger partial charge on any atom is 0.306 e. The van der Waals surface area contributed by atoms with Gasteiger partial charge < -0.3 is 14.8 Å². The monoisotopic (exact) mass is 262 g/mol. The molecule has 0 aliphatic heterocycles. The van der Waals surface area contributed by atoms with Crippen LogP contribution in [0.5, 0.6) is 0 Å². The number of nitrogens with zero attached hydrogens (tertiary/aromatic N) is 1. The van der Waals surface area contributed by atoms with E-state index >= 15 is 0 Å². The average Bonchev–Trinajstić information content (AvgIpc) is 2.74. The molecule has 2 atom stereocenters. The molecule has 2 unspecified atom stereocenters. The highest BCUT2D eigenvalue weighted by Gasteiger charge is 2.19. The van der Waals surface area contributed by atoms with Crippen molar-refractivity contribution < 1.29 is 14.3 Å². The SMILES string of the molecule is CNC(CC(C)C(=O)O)c1ccc2nc(C)oc2c1. The van der Waals surface area contributed by atoms with Gasteiger partial charge in [0.2, 0.25) is 0 Å². The van der Waals surface area contributed by atoms with Crippen molar-refractivity contribution in [1.82, 2.24) is 10.3 Å². The second-order valence-electron chi connectivity index (χ2n) is 4.78. The van der Waals surface area contributed by atoms with Gasteiger partial charge in [-0.1, -0.05) is 13.0 Å². The summed E-state index contributed by atoms with van der Waals surface area (Å²) in [4.78, 5) is 15.2. The maximum atomic E-state index is 10.9. The second-order valence-corrected chi connectivity index (χ2v) is 4.78. The Morgan fingerprint density at radius 1 is 1.53 bits per heavy atom. The van der Waals surface area contributed by atoms with Crippen molar-refractivity contribution in [2.45, 2.75) is 26.3 Å². The van der Waals surface area contributed by atoms with Gasteiger partial charge in [0.15, 0.2) is 11.5 Å². The first-order valence-corrected chi connectivity index (χ1v) is 6.28. The molecule has 0 bridgehead atoms. The van der Waals surface area contributed by atoms with E-state index in [9.17, 15) is 4.79 Å². The summed E-state index contributed by atoms with van der Waals surface area (Å²) in [6.45, 7) is 3.52. The van der Waals surface area contributed by atoms with Gasteiger partial charge >= 0.3 is 5.97 Å². The summed E-state index contributed by atoms with van der Waals surface area (Å²) in [5, 5.41) is 12.1. The normalized spacial score (nSPS) is 14.5. The molecule has 0 aliphatic carbocycles. The molecule has 5 nitrogen and oxygen atoms in total. The molecule has 0 radical (unpaired) electrons. The van der Waals surface area contributed by atoms with E-state index in [0.29, 0.717) is 12.3 Å². The van der Waals surface area contributed by atoms with Gasteiger partial charge in [-0.25, -0.2) is 4.98 Å². The quantitative estimate of drug-likeness (QED) is 0.866. The summed E-state index contributed by atoms with van der Waals surface area (Å²) < 4.78 is 5.50. The highest BCUT2D eigenvalue weighted by Crippen LogP contribution is 2.25. The van der Waals surface area contributed by atoms with Crippen LogP contribution in [0, 0.1) is 12.8 Å². The molecule has 19 heavy (non-hydrogen) atoms. The lowest BCUT2D eigenvalue weighted by Gasteiger charge is -2.18. The Morgan fingerprint density at radius 2 is 2.26 bits per heavy atom. The highest BCUT2D eigenvalue weighted by atomic mass is 16.4. The Bertz CT molecular complexity index is 591. The summed E-state index contributed by atoms with van der Waals surface area (Å²) in [5.74, 6) is -0.548. The van der Waals surface area contributed by atoms with E-state index in [1.807, 2.05) is 32.2 Å². The van der Waals surface area contributed by atoms with Crippen LogP contribution in [0.3, 0.4) is 0 Å². The number of fused-ring (bicyclic) bond motifs is 1. The molecule has 5 heteroatoms. The number of carboxylic acid groups (broad SMARTS) is 1. The molecule has 2 rings (SSSR count). The number of aliphatic carboxylic acids is 1. The van der Waals surface area contributed by atoms with E-state index < -0.39 is 11.9 Å². The number of carboxylic acids is 1. The number of rotatable bonds is 5. The van der Waals surface area contributed by atoms with Crippen LogP contribution in [0.25, 0.3) is 11.1 Å². The van der Waals surface area contributed by atoms with Gasteiger partial charge in [0, 0.05) is 13.0 Å². The standard InChI is InChI=1S/C14H18N2O3/c1-8(14(17)18)6-12(15-3)10-4-5-11-13(7-10)19-9(2)16-11/h4-5,7-8,12,15H,6H2,1-3H3,(H,17,18). The van der Waals surface area contributed by atoms with E-state index in [1.54, 1.807) is 6.92 Å². The number of hydrogen-bond acceptors (Lipinski definition) is 4. The molecule has 2 N–H and O–H groups in total. The summed E-state index contributed by atoms with van der Waals surface area (Å²) in [7, 11) is 1.83. The topological polar surface area (TPSA) is 75.4 Å². The van der Waals surface area contributed by atoms with E-state index in [2.05, 4.69) is 10.3 Å². The first-order chi connectivity index (χ1) is 9.01. The lowest BCUT2D eigenvalue weighted by molar-refractivity contribution is -0.141. The molecule has 1 aromatic heterocycles.